The number of aliphatic hydroxyl groups is 2. The number of benzene rings is 1. The first-order valence-electron chi connectivity index (χ1n) is 5.42. The van der Waals surface area contributed by atoms with Gasteiger partial charge in [-0.25, -0.2) is 0 Å². The van der Waals surface area contributed by atoms with E-state index in [1.165, 1.54) is 6.07 Å². The fraction of sp³-hybridized carbons (Fsp3) is 0.455. The normalized spacial score (nSPS) is 11.3. The summed E-state index contributed by atoms with van der Waals surface area (Å²) in [5.41, 5.74) is -0.134. The van der Waals surface area contributed by atoms with Crippen LogP contribution in [0, 0.1) is 13.7 Å². The molecule has 0 saturated heterocycles. The Morgan fingerprint density at radius 1 is 1.44 bits per heavy atom. The van der Waals surface area contributed by atoms with Crippen LogP contribution in [-0.4, -0.2) is 33.9 Å². The monoisotopic (exact) mass is 366 g/mol. The first kappa shape index (κ1) is 15.1. The molecule has 0 saturated carbocycles. The number of rotatable bonds is 6. The second kappa shape index (κ2) is 6.30. The number of anilines is 1. The van der Waals surface area contributed by atoms with E-state index in [9.17, 15) is 20.3 Å². The van der Waals surface area contributed by atoms with Gasteiger partial charge >= 0.3 is 0 Å². The van der Waals surface area contributed by atoms with Crippen LogP contribution in [0.2, 0.25) is 0 Å². The lowest BCUT2D eigenvalue weighted by Gasteiger charge is -2.30. The first-order chi connectivity index (χ1) is 8.48. The third kappa shape index (κ3) is 3.30. The molecule has 0 aliphatic rings. The number of nitrogens with zero attached hydrogens (tertiary/aromatic N) is 1. The van der Waals surface area contributed by atoms with Crippen molar-refractivity contribution >= 4 is 34.0 Å². The number of aliphatic hydroxyl groups excluding tert-OH is 2. The van der Waals surface area contributed by atoms with Gasteiger partial charge in [0, 0.05) is 11.8 Å². The minimum Gasteiger partial charge on any atom is -0.394 e. The fourth-order valence-electron chi connectivity index (χ4n) is 1.48. The molecular weight excluding hydrogens is 351 g/mol. The maximum atomic E-state index is 10.7. The summed E-state index contributed by atoms with van der Waals surface area (Å²) in [5.74, 6) is 0. The molecule has 0 atom stereocenters. The van der Waals surface area contributed by atoms with Crippen LogP contribution in [0.1, 0.15) is 13.3 Å². The second-order valence-electron chi connectivity index (χ2n) is 4.00. The third-order valence-corrected chi connectivity index (χ3v) is 3.70. The molecular formula is C11H15IN2O4. The third-order valence-electron chi connectivity index (χ3n) is 2.84. The van der Waals surface area contributed by atoms with E-state index < -0.39 is 10.5 Å². The molecule has 0 unspecified atom stereocenters. The zero-order valence-corrected chi connectivity index (χ0v) is 12.0. The molecule has 0 bridgehead atoms. The fourth-order valence-corrected chi connectivity index (χ4v) is 2.19. The zero-order chi connectivity index (χ0) is 13.8. The van der Waals surface area contributed by atoms with Crippen molar-refractivity contribution in [3.63, 3.8) is 0 Å². The van der Waals surface area contributed by atoms with Crippen LogP contribution < -0.4 is 5.32 Å². The van der Waals surface area contributed by atoms with Crippen molar-refractivity contribution in [2.24, 2.45) is 0 Å². The Morgan fingerprint density at radius 3 is 2.44 bits per heavy atom. The van der Waals surface area contributed by atoms with E-state index in [2.05, 4.69) is 5.32 Å². The minimum atomic E-state index is -0.806. The van der Waals surface area contributed by atoms with Gasteiger partial charge in [-0.2, -0.15) is 0 Å². The van der Waals surface area contributed by atoms with Gasteiger partial charge in [-0.05, 0) is 41.1 Å². The summed E-state index contributed by atoms with van der Waals surface area (Å²) in [6.07, 6.45) is 0.535. The van der Waals surface area contributed by atoms with E-state index in [1.54, 1.807) is 12.1 Å². The van der Waals surface area contributed by atoms with Gasteiger partial charge in [0.25, 0.3) is 5.69 Å². The van der Waals surface area contributed by atoms with E-state index in [0.717, 1.165) is 0 Å². The molecule has 1 aromatic carbocycles. The van der Waals surface area contributed by atoms with Gasteiger partial charge in [-0.1, -0.05) is 6.92 Å². The maximum absolute atomic E-state index is 10.7. The van der Waals surface area contributed by atoms with Crippen LogP contribution >= 0.6 is 22.6 Å². The molecule has 7 heteroatoms. The van der Waals surface area contributed by atoms with Gasteiger partial charge in [0.05, 0.1) is 27.2 Å². The van der Waals surface area contributed by atoms with Crippen LogP contribution in [0.15, 0.2) is 18.2 Å². The molecule has 3 N–H and O–H groups in total. The predicted molar refractivity (Wildman–Crippen MR) is 76.6 cm³/mol. The summed E-state index contributed by atoms with van der Waals surface area (Å²) in [5, 5.41) is 32.3. The molecule has 0 radical (unpaired) electrons. The molecule has 0 aliphatic heterocycles. The van der Waals surface area contributed by atoms with Crippen LogP contribution in [-0.2, 0) is 0 Å². The lowest BCUT2D eigenvalue weighted by Crippen LogP contribution is -2.45. The highest BCUT2D eigenvalue weighted by atomic mass is 127. The van der Waals surface area contributed by atoms with Crippen LogP contribution in [0.25, 0.3) is 0 Å². The SMILES string of the molecule is CCC(CO)(CO)Nc1ccc([N+](=O)[O-])c(I)c1. The summed E-state index contributed by atoms with van der Waals surface area (Å²) in [4.78, 5) is 10.2. The summed E-state index contributed by atoms with van der Waals surface area (Å²) in [6.45, 7) is 1.41. The van der Waals surface area contributed by atoms with Crippen LogP contribution in [0.4, 0.5) is 11.4 Å². The van der Waals surface area contributed by atoms with E-state index in [0.29, 0.717) is 15.7 Å². The number of hydrogen-bond donors (Lipinski definition) is 3. The van der Waals surface area contributed by atoms with E-state index in [4.69, 9.17) is 0 Å². The molecule has 1 aromatic rings. The number of halogens is 1. The van der Waals surface area contributed by atoms with E-state index >= 15 is 0 Å². The number of nitrogens with one attached hydrogen (secondary N) is 1. The number of nitro groups is 1. The summed E-state index contributed by atoms with van der Waals surface area (Å²) in [6, 6.07) is 4.59. The molecule has 0 aliphatic carbocycles. The highest BCUT2D eigenvalue weighted by Crippen LogP contribution is 2.26. The lowest BCUT2D eigenvalue weighted by atomic mass is 9.98. The Kier molecular flexibility index (Phi) is 5.29. The molecule has 0 fully saturated rings. The average Bonchev–Trinajstić information content (AvgIpc) is 2.36. The van der Waals surface area contributed by atoms with Crippen LogP contribution in [0.5, 0.6) is 0 Å². The number of hydrogen-bond acceptors (Lipinski definition) is 5. The summed E-state index contributed by atoms with van der Waals surface area (Å²) < 4.78 is 0.503. The topological polar surface area (TPSA) is 95.6 Å². The van der Waals surface area contributed by atoms with Crippen molar-refractivity contribution in [1.82, 2.24) is 0 Å². The van der Waals surface area contributed by atoms with Crippen molar-refractivity contribution < 1.29 is 15.1 Å². The van der Waals surface area contributed by atoms with Crippen molar-refractivity contribution in [2.45, 2.75) is 18.9 Å². The highest BCUT2D eigenvalue weighted by molar-refractivity contribution is 14.1. The van der Waals surface area contributed by atoms with Gasteiger partial charge in [0.2, 0.25) is 0 Å². The Hall–Kier alpha value is -0.930. The second-order valence-corrected chi connectivity index (χ2v) is 5.16. The van der Waals surface area contributed by atoms with Gasteiger partial charge in [0.15, 0.2) is 0 Å². The predicted octanol–water partition coefficient (Wildman–Crippen LogP) is 1.74. The Morgan fingerprint density at radius 2 is 2.06 bits per heavy atom. The zero-order valence-electron chi connectivity index (χ0n) is 9.89. The Balaban J connectivity index is 2.98. The molecule has 6 nitrogen and oxygen atoms in total. The van der Waals surface area contributed by atoms with E-state index in [-0.39, 0.29) is 18.9 Å². The minimum absolute atomic E-state index is 0.0382. The summed E-state index contributed by atoms with van der Waals surface area (Å²) in [7, 11) is 0. The quantitative estimate of drug-likeness (QED) is 0.405. The smallest absolute Gasteiger partial charge is 0.282 e. The Labute approximate surface area is 118 Å². The molecule has 0 spiro atoms. The molecule has 18 heavy (non-hydrogen) atoms. The lowest BCUT2D eigenvalue weighted by molar-refractivity contribution is -0.385. The first-order valence-corrected chi connectivity index (χ1v) is 6.49. The van der Waals surface area contributed by atoms with E-state index in [1.807, 2.05) is 29.5 Å². The molecule has 0 amide bonds. The molecule has 0 aromatic heterocycles. The summed E-state index contributed by atoms with van der Waals surface area (Å²) >= 11 is 1.88. The van der Waals surface area contributed by atoms with Gasteiger partial charge in [0.1, 0.15) is 0 Å². The van der Waals surface area contributed by atoms with Crippen LogP contribution in [0.3, 0.4) is 0 Å². The molecule has 0 heterocycles. The molecule has 100 valence electrons. The van der Waals surface area contributed by atoms with Gasteiger partial charge < -0.3 is 15.5 Å². The van der Waals surface area contributed by atoms with Crippen molar-refractivity contribution in [3.8, 4) is 0 Å². The maximum Gasteiger partial charge on any atom is 0.282 e. The number of nitro benzene ring substituents is 1. The van der Waals surface area contributed by atoms with Gasteiger partial charge in [-0.3, -0.25) is 10.1 Å². The van der Waals surface area contributed by atoms with Crippen molar-refractivity contribution in [1.29, 1.82) is 0 Å². The highest BCUT2D eigenvalue weighted by Gasteiger charge is 2.26. The van der Waals surface area contributed by atoms with Crippen molar-refractivity contribution in [2.75, 3.05) is 18.5 Å². The largest absolute Gasteiger partial charge is 0.394 e. The van der Waals surface area contributed by atoms with Gasteiger partial charge in [-0.15, -0.1) is 0 Å². The standard InChI is InChI=1S/C11H15IN2O4/c1-2-11(6-15,7-16)13-8-3-4-10(14(17)18)9(12)5-8/h3-5,13,15-16H,2,6-7H2,1H3. The molecule has 1 rings (SSSR count). The van der Waals surface area contributed by atoms with Crippen molar-refractivity contribution in [3.05, 3.63) is 31.9 Å². The average molecular weight is 366 g/mol. The Bertz CT molecular complexity index is 427.